The third-order valence-corrected chi connectivity index (χ3v) is 3.66. The smallest absolute Gasteiger partial charge is 0.264 e. The van der Waals surface area contributed by atoms with Crippen LogP contribution in [-0.4, -0.2) is 31.3 Å². The van der Waals surface area contributed by atoms with Gasteiger partial charge in [0.15, 0.2) is 6.61 Å². The van der Waals surface area contributed by atoms with Crippen molar-refractivity contribution in [2.24, 2.45) is 0 Å². The quantitative estimate of drug-likeness (QED) is 0.867. The van der Waals surface area contributed by atoms with E-state index in [2.05, 4.69) is 5.16 Å². The second-order valence-electron chi connectivity index (χ2n) is 5.21. The first-order chi connectivity index (χ1) is 10.7. The van der Waals surface area contributed by atoms with Crippen molar-refractivity contribution < 1.29 is 18.8 Å². The Morgan fingerprint density at radius 2 is 2.27 bits per heavy atom. The largest absolute Gasteiger partial charge is 0.497 e. The molecule has 22 heavy (non-hydrogen) atoms. The Labute approximate surface area is 128 Å². The van der Waals surface area contributed by atoms with E-state index >= 15 is 0 Å². The number of nitrogens with zero attached hydrogens (tertiary/aromatic N) is 2. The van der Waals surface area contributed by atoms with Crippen molar-refractivity contribution in [3.63, 3.8) is 0 Å². The van der Waals surface area contributed by atoms with E-state index in [4.69, 9.17) is 14.0 Å². The van der Waals surface area contributed by atoms with Crippen LogP contribution in [0, 0.1) is 6.92 Å². The van der Waals surface area contributed by atoms with Crippen LogP contribution >= 0.6 is 0 Å². The SMILES string of the molecule is COc1ccc2c(c1)CCCN2C(=O)COc1cc(C)on1. The summed E-state index contributed by atoms with van der Waals surface area (Å²) in [7, 11) is 1.64. The lowest BCUT2D eigenvalue weighted by atomic mass is 10.0. The maximum absolute atomic E-state index is 12.4. The molecule has 2 heterocycles. The van der Waals surface area contributed by atoms with Crippen LogP contribution in [0.15, 0.2) is 28.8 Å². The second-order valence-corrected chi connectivity index (χ2v) is 5.21. The van der Waals surface area contributed by atoms with Crippen LogP contribution < -0.4 is 14.4 Å². The lowest BCUT2D eigenvalue weighted by Gasteiger charge is -2.29. The van der Waals surface area contributed by atoms with Crippen LogP contribution in [0.4, 0.5) is 5.69 Å². The first-order valence-electron chi connectivity index (χ1n) is 7.21. The summed E-state index contributed by atoms with van der Waals surface area (Å²) in [6.07, 6.45) is 1.87. The van der Waals surface area contributed by atoms with Crippen molar-refractivity contribution in [1.82, 2.24) is 5.16 Å². The Morgan fingerprint density at radius 3 is 3.00 bits per heavy atom. The van der Waals surface area contributed by atoms with E-state index in [1.165, 1.54) is 0 Å². The van der Waals surface area contributed by atoms with Gasteiger partial charge in [0.1, 0.15) is 11.5 Å². The Hall–Kier alpha value is -2.50. The highest BCUT2D eigenvalue weighted by Gasteiger charge is 2.23. The number of hydrogen-bond donors (Lipinski definition) is 0. The summed E-state index contributed by atoms with van der Waals surface area (Å²) in [6.45, 7) is 2.41. The molecule has 0 unspecified atom stereocenters. The number of amides is 1. The van der Waals surface area contributed by atoms with E-state index < -0.39 is 0 Å². The number of anilines is 1. The third-order valence-electron chi connectivity index (χ3n) is 3.66. The molecule has 0 atom stereocenters. The molecule has 3 rings (SSSR count). The molecule has 0 bridgehead atoms. The standard InChI is InChI=1S/C16H18N2O4/c1-11-8-15(17-22-11)21-10-16(19)18-7-3-4-12-9-13(20-2)5-6-14(12)18/h5-6,8-9H,3-4,7,10H2,1-2H3. The molecule has 6 nitrogen and oxygen atoms in total. The highest BCUT2D eigenvalue weighted by molar-refractivity contribution is 5.95. The molecule has 1 aromatic carbocycles. The van der Waals surface area contributed by atoms with Gasteiger partial charge >= 0.3 is 0 Å². The van der Waals surface area contributed by atoms with Crippen molar-refractivity contribution in [1.29, 1.82) is 0 Å². The Balaban J connectivity index is 1.71. The van der Waals surface area contributed by atoms with E-state index in [0.717, 1.165) is 29.8 Å². The molecule has 0 fully saturated rings. The van der Waals surface area contributed by atoms with E-state index in [1.54, 1.807) is 25.0 Å². The average molecular weight is 302 g/mol. The Morgan fingerprint density at radius 1 is 1.41 bits per heavy atom. The number of ether oxygens (including phenoxy) is 2. The summed E-state index contributed by atoms with van der Waals surface area (Å²) in [6, 6.07) is 7.43. The van der Waals surface area contributed by atoms with Crippen molar-refractivity contribution in [2.45, 2.75) is 19.8 Å². The van der Waals surface area contributed by atoms with Crippen LogP contribution in [0.2, 0.25) is 0 Å². The van der Waals surface area contributed by atoms with Crippen molar-refractivity contribution >= 4 is 11.6 Å². The summed E-state index contributed by atoms with van der Waals surface area (Å²) in [5, 5.41) is 3.72. The van der Waals surface area contributed by atoms with Gasteiger partial charge in [0.2, 0.25) is 0 Å². The molecule has 0 aliphatic carbocycles. The minimum atomic E-state index is -0.0910. The summed E-state index contributed by atoms with van der Waals surface area (Å²) in [4.78, 5) is 14.2. The number of hydrogen-bond acceptors (Lipinski definition) is 5. The normalized spacial score (nSPS) is 13.6. The molecule has 0 N–H and O–H groups in total. The van der Waals surface area contributed by atoms with Crippen LogP contribution in [0.5, 0.6) is 11.6 Å². The van der Waals surface area contributed by atoms with E-state index in [0.29, 0.717) is 18.2 Å². The number of carbonyl (C=O) groups is 1. The molecular weight excluding hydrogens is 284 g/mol. The maximum Gasteiger partial charge on any atom is 0.264 e. The van der Waals surface area contributed by atoms with Crippen LogP contribution in [0.1, 0.15) is 17.7 Å². The van der Waals surface area contributed by atoms with Crippen LogP contribution in [-0.2, 0) is 11.2 Å². The fourth-order valence-corrected chi connectivity index (χ4v) is 2.58. The number of aromatic nitrogens is 1. The second kappa shape index (κ2) is 6.09. The molecule has 1 aromatic heterocycles. The molecule has 116 valence electrons. The number of carbonyl (C=O) groups excluding carboxylic acids is 1. The zero-order chi connectivity index (χ0) is 15.5. The zero-order valence-electron chi connectivity index (χ0n) is 12.7. The Kier molecular flexibility index (Phi) is 4.00. The Bertz CT molecular complexity index is 681. The fourth-order valence-electron chi connectivity index (χ4n) is 2.58. The average Bonchev–Trinajstić information content (AvgIpc) is 2.97. The lowest BCUT2D eigenvalue weighted by Crippen LogP contribution is -2.38. The predicted molar refractivity (Wildman–Crippen MR) is 80.4 cm³/mol. The summed E-state index contributed by atoms with van der Waals surface area (Å²) < 4.78 is 15.5. The molecule has 0 radical (unpaired) electrons. The number of rotatable bonds is 4. The van der Waals surface area contributed by atoms with Gasteiger partial charge < -0.3 is 18.9 Å². The van der Waals surface area contributed by atoms with Crippen LogP contribution in [0.3, 0.4) is 0 Å². The highest BCUT2D eigenvalue weighted by atomic mass is 16.5. The molecule has 0 saturated heterocycles. The van der Waals surface area contributed by atoms with Gasteiger partial charge in [-0.1, -0.05) is 0 Å². The van der Waals surface area contributed by atoms with Gasteiger partial charge in [-0.15, -0.1) is 0 Å². The highest BCUT2D eigenvalue weighted by Crippen LogP contribution is 2.30. The van der Waals surface area contributed by atoms with Gasteiger partial charge in [-0.3, -0.25) is 4.79 Å². The fraction of sp³-hybridized carbons (Fsp3) is 0.375. The predicted octanol–water partition coefficient (Wildman–Crippen LogP) is 2.35. The molecule has 0 spiro atoms. The van der Waals surface area contributed by atoms with E-state index in [-0.39, 0.29) is 12.5 Å². The monoisotopic (exact) mass is 302 g/mol. The maximum atomic E-state index is 12.4. The van der Waals surface area contributed by atoms with E-state index in [9.17, 15) is 4.79 Å². The molecule has 0 saturated carbocycles. The lowest BCUT2D eigenvalue weighted by molar-refractivity contribution is -0.120. The van der Waals surface area contributed by atoms with Gasteiger partial charge in [0.25, 0.3) is 11.8 Å². The van der Waals surface area contributed by atoms with Gasteiger partial charge in [-0.05, 0) is 48.7 Å². The van der Waals surface area contributed by atoms with Crippen LogP contribution in [0.25, 0.3) is 0 Å². The van der Waals surface area contributed by atoms with Gasteiger partial charge in [0.05, 0.1) is 7.11 Å². The number of aryl methyl sites for hydroxylation is 2. The van der Waals surface area contributed by atoms with Gasteiger partial charge in [0, 0.05) is 18.3 Å². The topological polar surface area (TPSA) is 64.8 Å². The molecule has 1 aliphatic rings. The van der Waals surface area contributed by atoms with Gasteiger partial charge in [-0.25, -0.2) is 0 Å². The number of methoxy groups -OCH3 is 1. The van der Waals surface area contributed by atoms with Crippen molar-refractivity contribution in [2.75, 3.05) is 25.2 Å². The van der Waals surface area contributed by atoms with Crippen molar-refractivity contribution in [3.05, 3.63) is 35.6 Å². The summed E-state index contributed by atoms with van der Waals surface area (Å²) in [5.74, 6) is 1.70. The molecule has 6 heteroatoms. The van der Waals surface area contributed by atoms with Gasteiger partial charge in [-0.2, -0.15) is 0 Å². The molecule has 2 aromatic rings. The molecular formula is C16H18N2O4. The first kappa shape index (κ1) is 14.4. The minimum Gasteiger partial charge on any atom is -0.497 e. The summed E-state index contributed by atoms with van der Waals surface area (Å²) in [5.41, 5.74) is 2.05. The van der Waals surface area contributed by atoms with E-state index in [1.807, 2.05) is 18.2 Å². The number of fused-ring (bicyclic) bond motifs is 1. The molecule has 1 amide bonds. The first-order valence-corrected chi connectivity index (χ1v) is 7.21. The molecule has 1 aliphatic heterocycles. The third kappa shape index (κ3) is 2.90. The van der Waals surface area contributed by atoms with Crippen molar-refractivity contribution in [3.8, 4) is 11.6 Å². The minimum absolute atomic E-state index is 0.0581. The number of benzene rings is 1. The zero-order valence-corrected chi connectivity index (χ0v) is 12.7. The summed E-state index contributed by atoms with van der Waals surface area (Å²) >= 11 is 0.